The van der Waals surface area contributed by atoms with Gasteiger partial charge in [-0.1, -0.05) is 6.07 Å². The molecule has 4 amide bonds. The Hall–Kier alpha value is -2.74. The van der Waals surface area contributed by atoms with E-state index in [-0.39, 0.29) is 11.9 Å². The minimum atomic E-state index is -1.01. The fraction of sp³-hybridized carbons (Fsp3) is 0.368. The number of carbonyl (C=O) groups is 3. The number of urea groups is 1. The van der Waals surface area contributed by atoms with Gasteiger partial charge >= 0.3 is 6.03 Å². The summed E-state index contributed by atoms with van der Waals surface area (Å²) in [5, 5.41) is 9.58. The van der Waals surface area contributed by atoms with Gasteiger partial charge in [-0.3, -0.25) is 14.6 Å². The standard InChI is InChI=1S/C19H22N4O3S/c1-12(23-17(25)19(2,3)22-18(23)26)16(24)21-15(9-13-6-8-27-11-13)14-5-4-7-20-10-14/h4-8,10-12,15H,9H2,1-3H3,(H,21,24)(H,22,26). The summed E-state index contributed by atoms with van der Waals surface area (Å²) in [4.78, 5) is 42.6. The molecule has 3 rings (SSSR count). The van der Waals surface area contributed by atoms with Gasteiger partial charge in [-0.2, -0.15) is 11.3 Å². The first-order chi connectivity index (χ1) is 12.8. The normalized spacial score (nSPS) is 18.1. The van der Waals surface area contributed by atoms with Crippen LogP contribution < -0.4 is 10.6 Å². The van der Waals surface area contributed by atoms with Gasteiger partial charge in [0.2, 0.25) is 5.91 Å². The topological polar surface area (TPSA) is 91.4 Å². The summed E-state index contributed by atoms with van der Waals surface area (Å²) in [6, 6.07) is 3.93. The van der Waals surface area contributed by atoms with Gasteiger partial charge in [-0.25, -0.2) is 9.69 Å². The minimum absolute atomic E-state index is 0.308. The van der Waals surface area contributed by atoms with Gasteiger partial charge < -0.3 is 10.6 Å². The van der Waals surface area contributed by atoms with Gasteiger partial charge in [0.25, 0.3) is 5.91 Å². The van der Waals surface area contributed by atoms with Gasteiger partial charge in [0.15, 0.2) is 0 Å². The molecule has 2 atom stereocenters. The Morgan fingerprint density at radius 2 is 2.15 bits per heavy atom. The van der Waals surface area contributed by atoms with E-state index >= 15 is 0 Å². The van der Waals surface area contributed by atoms with Crippen LogP contribution in [0.15, 0.2) is 41.4 Å². The number of aromatic nitrogens is 1. The minimum Gasteiger partial charge on any atom is -0.347 e. The third-order valence-electron chi connectivity index (χ3n) is 4.58. The third-order valence-corrected chi connectivity index (χ3v) is 5.31. The van der Waals surface area contributed by atoms with E-state index in [4.69, 9.17) is 0 Å². The number of carbonyl (C=O) groups excluding carboxylic acids is 3. The monoisotopic (exact) mass is 386 g/mol. The molecule has 2 aromatic heterocycles. The Morgan fingerprint density at radius 1 is 1.37 bits per heavy atom. The Balaban J connectivity index is 1.78. The molecule has 8 heteroatoms. The molecule has 3 heterocycles. The molecular weight excluding hydrogens is 364 g/mol. The summed E-state index contributed by atoms with van der Waals surface area (Å²) in [7, 11) is 0. The molecule has 2 unspecified atom stereocenters. The van der Waals surface area contributed by atoms with Crippen LogP contribution >= 0.6 is 11.3 Å². The Bertz CT molecular complexity index is 836. The van der Waals surface area contributed by atoms with Crippen LogP contribution in [0.3, 0.4) is 0 Å². The van der Waals surface area contributed by atoms with Gasteiger partial charge in [-0.15, -0.1) is 0 Å². The fourth-order valence-corrected chi connectivity index (χ4v) is 3.70. The van der Waals surface area contributed by atoms with E-state index in [0.29, 0.717) is 6.42 Å². The van der Waals surface area contributed by atoms with E-state index in [1.807, 2.05) is 29.0 Å². The lowest BCUT2D eigenvalue weighted by atomic mass is 10.0. The van der Waals surface area contributed by atoms with Crippen molar-refractivity contribution in [3.8, 4) is 0 Å². The summed E-state index contributed by atoms with van der Waals surface area (Å²) >= 11 is 1.59. The van der Waals surface area contributed by atoms with Crippen molar-refractivity contribution in [1.29, 1.82) is 0 Å². The highest BCUT2D eigenvalue weighted by Crippen LogP contribution is 2.22. The highest BCUT2D eigenvalue weighted by atomic mass is 32.1. The van der Waals surface area contributed by atoms with Crippen molar-refractivity contribution in [3.05, 3.63) is 52.5 Å². The van der Waals surface area contributed by atoms with Crippen molar-refractivity contribution < 1.29 is 14.4 Å². The number of rotatable bonds is 6. The van der Waals surface area contributed by atoms with E-state index in [0.717, 1.165) is 16.0 Å². The van der Waals surface area contributed by atoms with Gasteiger partial charge in [0.1, 0.15) is 11.6 Å². The Morgan fingerprint density at radius 3 is 2.70 bits per heavy atom. The van der Waals surface area contributed by atoms with Crippen LogP contribution in [0.5, 0.6) is 0 Å². The average molecular weight is 386 g/mol. The Kier molecular flexibility index (Phi) is 5.27. The van der Waals surface area contributed by atoms with E-state index in [9.17, 15) is 14.4 Å². The zero-order valence-corrected chi connectivity index (χ0v) is 16.2. The zero-order chi connectivity index (χ0) is 19.6. The molecule has 0 aliphatic carbocycles. The molecule has 2 N–H and O–H groups in total. The van der Waals surface area contributed by atoms with Crippen LogP contribution in [0, 0.1) is 0 Å². The van der Waals surface area contributed by atoms with Crippen molar-refractivity contribution in [1.82, 2.24) is 20.5 Å². The molecule has 1 fully saturated rings. The number of hydrogen-bond acceptors (Lipinski definition) is 5. The highest BCUT2D eigenvalue weighted by Gasteiger charge is 2.48. The molecule has 0 radical (unpaired) electrons. The first kappa shape index (κ1) is 19.0. The van der Waals surface area contributed by atoms with E-state index in [1.165, 1.54) is 0 Å². The van der Waals surface area contributed by atoms with Crippen LogP contribution in [0.1, 0.15) is 37.9 Å². The van der Waals surface area contributed by atoms with Crippen LogP contribution in [0.25, 0.3) is 0 Å². The summed E-state index contributed by atoms with van der Waals surface area (Å²) < 4.78 is 0. The van der Waals surface area contributed by atoms with Gasteiger partial charge in [0, 0.05) is 12.4 Å². The molecule has 0 bridgehead atoms. The van der Waals surface area contributed by atoms with Crippen molar-refractivity contribution in [2.75, 3.05) is 0 Å². The molecule has 1 aliphatic rings. The van der Waals surface area contributed by atoms with Crippen LogP contribution in [0.2, 0.25) is 0 Å². The van der Waals surface area contributed by atoms with E-state index in [1.54, 1.807) is 44.5 Å². The summed E-state index contributed by atoms with van der Waals surface area (Å²) in [5.74, 6) is -0.800. The van der Waals surface area contributed by atoms with Crippen molar-refractivity contribution in [2.24, 2.45) is 0 Å². The average Bonchev–Trinajstić information content (AvgIpc) is 3.20. The van der Waals surface area contributed by atoms with Gasteiger partial charge in [0.05, 0.1) is 6.04 Å². The molecule has 27 heavy (non-hydrogen) atoms. The molecule has 142 valence electrons. The third kappa shape index (κ3) is 4.00. The predicted molar refractivity (Wildman–Crippen MR) is 102 cm³/mol. The number of imide groups is 1. The van der Waals surface area contributed by atoms with Crippen LogP contribution in [-0.4, -0.2) is 39.3 Å². The van der Waals surface area contributed by atoms with Crippen molar-refractivity contribution >= 4 is 29.2 Å². The van der Waals surface area contributed by atoms with E-state index in [2.05, 4.69) is 15.6 Å². The lowest BCUT2D eigenvalue weighted by molar-refractivity contribution is -0.137. The second-order valence-corrected chi connectivity index (χ2v) is 7.87. The predicted octanol–water partition coefficient (Wildman–Crippen LogP) is 2.26. The van der Waals surface area contributed by atoms with Crippen LogP contribution in [0.4, 0.5) is 4.79 Å². The maximum Gasteiger partial charge on any atom is 0.325 e. The second kappa shape index (κ2) is 7.48. The molecular formula is C19H22N4O3S. The number of thiophene rings is 1. The van der Waals surface area contributed by atoms with Gasteiger partial charge in [-0.05, 0) is 61.2 Å². The smallest absolute Gasteiger partial charge is 0.325 e. The molecule has 0 spiro atoms. The second-order valence-electron chi connectivity index (χ2n) is 7.09. The lowest BCUT2D eigenvalue weighted by Gasteiger charge is -2.25. The number of nitrogens with one attached hydrogen (secondary N) is 2. The number of pyridine rings is 1. The molecule has 2 aromatic rings. The molecule has 0 aromatic carbocycles. The fourth-order valence-electron chi connectivity index (χ4n) is 3.01. The molecule has 0 saturated carbocycles. The zero-order valence-electron chi connectivity index (χ0n) is 15.4. The maximum absolute atomic E-state index is 12.8. The first-order valence-electron chi connectivity index (χ1n) is 8.67. The van der Waals surface area contributed by atoms with Crippen molar-refractivity contribution in [3.63, 3.8) is 0 Å². The summed E-state index contributed by atoms with van der Waals surface area (Å²) in [6.07, 6.45) is 3.98. The quantitative estimate of drug-likeness (QED) is 0.745. The number of nitrogens with zero attached hydrogens (tertiary/aromatic N) is 2. The number of amides is 4. The molecule has 1 saturated heterocycles. The largest absolute Gasteiger partial charge is 0.347 e. The Labute approximate surface area is 161 Å². The first-order valence-corrected chi connectivity index (χ1v) is 9.61. The maximum atomic E-state index is 12.8. The van der Waals surface area contributed by atoms with E-state index < -0.39 is 23.5 Å². The highest BCUT2D eigenvalue weighted by molar-refractivity contribution is 7.07. The van der Waals surface area contributed by atoms with Crippen LogP contribution in [-0.2, 0) is 16.0 Å². The lowest BCUT2D eigenvalue weighted by Crippen LogP contribution is -2.50. The molecule has 1 aliphatic heterocycles. The van der Waals surface area contributed by atoms with Crippen molar-refractivity contribution in [2.45, 2.75) is 44.8 Å². The SMILES string of the molecule is CC(C(=O)NC(Cc1ccsc1)c1cccnc1)N1C(=O)NC(C)(C)C1=O. The summed E-state index contributed by atoms with van der Waals surface area (Å²) in [5.41, 5.74) is 0.949. The summed E-state index contributed by atoms with van der Waals surface area (Å²) in [6.45, 7) is 4.79. The molecule has 7 nitrogen and oxygen atoms in total. The number of hydrogen-bond donors (Lipinski definition) is 2.